The molecule has 2 heterocycles. The highest BCUT2D eigenvalue weighted by atomic mass is 79.9. The van der Waals surface area contributed by atoms with Crippen LogP contribution in [0.25, 0.3) is 21.7 Å². The fraction of sp³-hybridized carbons (Fsp3) is 0.435. The minimum absolute atomic E-state index is 0.243. The van der Waals surface area contributed by atoms with Gasteiger partial charge in [0.05, 0.1) is 15.9 Å². The van der Waals surface area contributed by atoms with Crippen LogP contribution < -0.4 is 10.5 Å². The zero-order valence-electron chi connectivity index (χ0n) is 18.6. The van der Waals surface area contributed by atoms with E-state index in [0.717, 1.165) is 17.2 Å². The zero-order chi connectivity index (χ0) is 22.9. The lowest BCUT2D eigenvalue weighted by atomic mass is 10.1. The van der Waals surface area contributed by atoms with E-state index >= 15 is 0 Å². The maximum Gasteiger partial charge on any atom is 0.443 e. The first-order valence-corrected chi connectivity index (χ1v) is 11.0. The monoisotopic (exact) mass is 490 g/mol. The number of carbonyl (C=O) groups excluding carboxylic acids is 1. The highest BCUT2D eigenvalue weighted by Crippen LogP contribution is 2.34. The summed E-state index contributed by atoms with van der Waals surface area (Å²) < 4.78 is 11.6. The molecular weight excluding hydrogens is 464 g/mol. The highest BCUT2D eigenvalue weighted by Gasteiger charge is 2.29. The Bertz CT molecular complexity index is 1170. The highest BCUT2D eigenvalue weighted by molar-refractivity contribution is 9.10. The van der Waals surface area contributed by atoms with E-state index in [9.17, 15) is 9.59 Å². The number of hydroxylamine groups is 2. The third-order valence-corrected chi connectivity index (χ3v) is 5.17. The number of fused-ring (bicyclic) bond motifs is 3. The summed E-state index contributed by atoms with van der Waals surface area (Å²) in [7, 11) is 0. The largest absolute Gasteiger partial charge is 0.443 e. The third kappa shape index (κ3) is 5.36. The lowest BCUT2D eigenvalue weighted by Crippen LogP contribution is -2.44. The molecule has 0 bridgehead atoms. The van der Waals surface area contributed by atoms with Crippen LogP contribution in [0.2, 0.25) is 0 Å². The molecule has 0 radical (unpaired) electrons. The molecule has 8 heteroatoms. The van der Waals surface area contributed by atoms with Gasteiger partial charge in [-0.3, -0.25) is 4.98 Å². The third-order valence-electron chi connectivity index (χ3n) is 4.55. The number of carbonyl (C=O) groups is 1. The summed E-state index contributed by atoms with van der Waals surface area (Å²) in [6.07, 6.45) is 3.24. The van der Waals surface area contributed by atoms with Crippen molar-refractivity contribution in [3.05, 3.63) is 45.5 Å². The van der Waals surface area contributed by atoms with Crippen molar-refractivity contribution in [3.8, 4) is 5.75 Å². The summed E-state index contributed by atoms with van der Waals surface area (Å²) in [5.41, 5.74) is -0.806. The normalized spacial score (nSPS) is 12.9. The second-order valence-electron chi connectivity index (χ2n) is 8.97. The number of halogens is 1. The second-order valence-corrected chi connectivity index (χ2v) is 9.82. The van der Waals surface area contributed by atoms with Crippen molar-refractivity contribution >= 4 is 43.8 Å². The average Bonchev–Trinajstić information content (AvgIpc) is 2.65. The van der Waals surface area contributed by atoms with E-state index in [0.29, 0.717) is 27.1 Å². The molecule has 166 valence electrons. The molecule has 0 N–H and O–H groups in total. The molecule has 1 amide bonds. The number of hydrogen-bond donors (Lipinski definition) is 0. The quantitative estimate of drug-likeness (QED) is 0.245. The van der Waals surface area contributed by atoms with Gasteiger partial charge in [-0.1, -0.05) is 13.8 Å². The number of hydrogen-bond acceptors (Lipinski definition) is 6. The number of amides is 1. The molecule has 3 aromatic rings. The Balaban J connectivity index is 2.04. The van der Waals surface area contributed by atoms with E-state index < -0.39 is 17.3 Å². The van der Waals surface area contributed by atoms with E-state index in [1.165, 1.54) is 11.3 Å². The number of benzene rings is 1. The van der Waals surface area contributed by atoms with Crippen LogP contribution in [0.3, 0.4) is 0 Å². The number of nitrogens with zero attached hydrogens (tertiary/aromatic N) is 2. The molecule has 2 aromatic heterocycles. The number of aromatic nitrogens is 1. The van der Waals surface area contributed by atoms with Gasteiger partial charge < -0.3 is 14.0 Å². The first kappa shape index (κ1) is 23.1. The van der Waals surface area contributed by atoms with Gasteiger partial charge in [-0.05, 0) is 68.1 Å². The van der Waals surface area contributed by atoms with Crippen molar-refractivity contribution in [1.29, 1.82) is 0 Å². The number of pyridine rings is 1. The van der Waals surface area contributed by atoms with Gasteiger partial charge >= 0.3 is 11.7 Å². The maximum absolute atomic E-state index is 12.9. The van der Waals surface area contributed by atoms with E-state index in [2.05, 4.69) is 34.8 Å². The zero-order valence-corrected chi connectivity index (χ0v) is 20.1. The first-order valence-electron chi connectivity index (χ1n) is 10.2. The van der Waals surface area contributed by atoms with E-state index in [4.69, 9.17) is 14.0 Å². The van der Waals surface area contributed by atoms with E-state index in [1.54, 1.807) is 45.2 Å². The van der Waals surface area contributed by atoms with Gasteiger partial charge in [0.2, 0.25) is 0 Å². The molecule has 0 saturated carbocycles. The Morgan fingerprint density at radius 2 is 1.90 bits per heavy atom. The fourth-order valence-electron chi connectivity index (χ4n) is 3.34. The van der Waals surface area contributed by atoms with Gasteiger partial charge in [-0.25, -0.2) is 9.59 Å². The SMILES string of the molecule is CC(C)CC(C)N(Oc1cc2oc(=O)c3cnccc3c2cc1Br)C(=O)OC(C)(C)C. The van der Waals surface area contributed by atoms with Crippen LogP contribution in [0.5, 0.6) is 5.75 Å². The van der Waals surface area contributed by atoms with Gasteiger partial charge in [0, 0.05) is 29.2 Å². The summed E-state index contributed by atoms with van der Waals surface area (Å²) in [5, 5.41) is 3.10. The molecule has 1 aromatic carbocycles. The van der Waals surface area contributed by atoms with Crippen molar-refractivity contribution in [3.63, 3.8) is 0 Å². The Hall–Kier alpha value is -2.61. The minimum atomic E-state index is -0.670. The van der Waals surface area contributed by atoms with Gasteiger partial charge in [0.25, 0.3) is 0 Å². The van der Waals surface area contributed by atoms with Crippen molar-refractivity contribution in [2.45, 2.75) is 59.6 Å². The Kier molecular flexibility index (Phi) is 6.59. The van der Waals surface area contributed by atoms with Gasteiger partial charge in [0.1, 0.15) is 11.2 Å². The average molecular weight is 491 g/mol. The predicted molar refractivity (Wildman–Crippen MR) is 123 cm³/mol. The Labute approximate surface area is 189 Å². The van der Waals surface area contributed by atoms with Crippen LogP contribution in [0.1, 0.15) is 48.0 Å². The smallest absolute Gasteiger partial charge is 0.442 e. The summed E-state index contributed by atoms with van der Waals surface area (Å²) >= 11 is 3.52. The van der Waals surface area contributed by atoms with Crippen molar-refractivity contribution in [2.75, 3.05) is 0 Å². The van der Waals surface area contributed by atoms with E-state index in [-0.39, 0.29) is 6.04 Å². The standard InChI is InChI=1S/C23H27BrN2O5/c1-13(2)9-14(3)26(22(28)30-23(4,5)6)31-20-11-19-16(10-18(20)24)15-7-8-25-12-17(15)21(27)29-19/h7-8,10-14H,9H2,1-6H3. The number of ether oxygens (including phenoxy) is 1. The molecule has 3 rings (SSSR count). The molecule has 0 spiro atoms. The van der Waals surface area contributed by atoms with Crippen molar-refractivity contribution in [1.82, 2.24) is 10.0 Å². The summed E-state index contributed by atoms with van der Waals surface area (Å²) in [4.78, 5) is 35.2. The fourth-order valence-corrected chi connectivity index (χ4v) is 3.76. The first-order chi connectivity index (χ1) is 14.5. The van der Waals surface area contributed by atoms with Gasteiger partial charge in [-0.2, -0.15) is 0 Å². The minimum Gasteiger partial charge on any atom is -0.442 e. The molecule has 1 atom stereocenters. The van der Waals surface area contributed by atoms with Gasteiger partial charge in [-0.15, -0.1) is 5.06 Å². The summed E-state index contributed by atoms with van der Waals surface area (Å²) in [5.74, 6) is 0.687. The van der Waals surface area contributed by atoms with Crippen LogP contribution in [-0.4, -0.2) is 27.8 Å². The van der Waals surface area contributed by atoms with Crippen LogP contribution in [0, 0.1) is 5.92 Å². The molecule has 0 aliphatic rings. The molecular formula is C23H27BrN2O5. The molecule has 0 fully saturated rings. The van der Waals surface area contributed by atoms with Gasteiger partial charge in [0.15, 0.2) is 5.75 Å². The van der Waals surface area contributed by atoms with Crippen LogP contribution in [0.4, 0.5) is 4.79 Å². The van der Waals surface area contributed by atoms with Crippen LogP contribution in [0.15, 0.2) is 44.3 Å². The lowest BCUT2D eigenvalue weighted by Gasteiger charge is -2.31. The summed E-state index contributed by atoms with van der Waals surface area (Å²) in [6, 6.07) is 4.92. The van der Waals surface area contributed by atoms with E-state index in [1.807, 2.05) is 6.92 Å². The Morgan fingerprint density at radius 3 is 2.55 bits per heavy atom. The van der Waals surface area contributed by atoms with Crippen LogP contribution in [-0.2, 0) is 4.74 Å². The predicted octanol–water partition coefficient (Wildman–Crippen LogP) is 6.07. The van der Waals surface area contributed by atoms with Crippen molar-refractivity contribution in [2.24, 2.45) is 5.92 Å². The molecule has 0 aliphatic carbocycles. The molecule has 7 nitrogen and oxygen atoms in total. The maximum atomic E-state index is 12.9. The Morgan fingerprint density at radius 1 is 1.19 bits per heavy atom. The molecule has 0 aliphatic heterocycles. The molecule has 31 heavy (non-hydrogen) atoms. The van der Waals surface area contributed by atoms with Crippen LogP contribution >= 0.6 is 15.9 Å². The summed E-state index contributed by atoms with van der Waals surface area (Å²) in [6.45, 7) is 11.5. The number of rotatable bonds is 5. The second kappa shape index (κ2) is 8.86. The molecule has 0 saturated heterocycles. The molecule has 1 unspecified atom stereocenters. The lowest BCUT2D eigenvalue weighted by molar-refractivity contribution is -0.0970. The van der Waals surface area contributed by atoms with Crippen molar-refractivity contribution < 1.29 is 18.8 Å². The topological polar surface area (TPSA) is 81.9 Å².